The fourth-order valence-corrected chi connectivity index (χ4v) is 1.05. The molecule has 19 heavy (non-hydrogen) atoms. The average molecular weight is 274 g/mol. The first kappa shape index (κ1) is 12.5. The topological polar surface area (TPSA) is 160 Å². The van der Waals surface area contributed by atoms with Crippen molar-refractivity contribution in [2.75, 3.05) is 6.61 Å². The van der Waals surface area contributed by atoms with Crippen LogP contribution in [-0.4, -0.2) is 42.9 Å². The van der Waals surface area contributed by atoms with Gasteiger partial charge in [-0.15, -0.1) is 0 Å². The summed E-state index contributed by atoms with van der Waals surface area (Å²) in [5.74, 6) is -2.01. The number of hydrogen-bond donors (Lipinski definition) is 0. The Labute approximate surface area is 101 Å². The number of rotatable bonds is 5. The summed E-state index contributed by atoms with van der Waals surface area (Å²) in [7, 11) is 0. The smallest absolute Gasteiger partial charge is 0.459 e. The Hall–Kier alpha value is -2.99. The highest BCUT2D eigenvalue weighted by Crippen LogP contribution is 2.15. The molecule has 12 nitrogen and oxygen atoms in total. The minimum Gasteiger partial charge on any atom is -0.459 e. The third-order valence-electron chi connectivity index (χ3n) is 1.90. The van der Waals surface area contributed by atoms with Crippen LogP contribution in [0, 0.1) is 26.2 Å². The van der Waals surface area contributed by atoms with Crippen molar-refractivity contribution in [2.24, 2.45) is 0 Å². The molecule has 0 amide bonds. The Morgan fingerprint density at radius 1 is 1.21 bits per heavy atom. The quantitative estimate of drug-likeness (QED) is 0.391. The Balaban J connectivity index is 2.18. The summed E-state index contributed by atoms with van der Waals surface area (Å²) >= 11 is 0. The SMILES string of the molecule is O=[N+]([O-])C(COc1nc2nonc2nc1F)[N+](=O)[O-]. The zero-order valence-electron chi connectivity index (χ0n) is 8.80. The van der Waals surface area contributed by atoms with E-state index in [4.69, 9.17) is 0 Å². The zero-order valence-corrected chi connectivity index (χ0v) is 8.80. The molecule has 2 aromatic rings. The molecule has 0 aliphatic rings. The predicted molar refractivity (Wildman–Crippen MR) is 50.6 cm³/mol. The molecule has 2 heterocycles. The van der Waals surface area contributed by atoms with Gasteiger partial charge < -0.3 is 4.74 Å². The lowest BCUT2D eigenvalue weighted by molar-refractivity contribution is -0.743. The first-order valence-corrected chi connectivity index (χ1v) is 4.54. The second kappa shape index (κ2) is 4.71. The summed E-state index contributed by atoms with van der Waals surface area (Å²) in [6.45, 7) is -1.01. The van der Waals surface area contributed by atoms with Gasteiger partial charge in [-0.3, -0.25) is 20.2 Å². The first-order valence-electron chi connectivity index (χ1n) is 4.54. The van der Waals surface area contributed by atoms with Gasteiger partial charge in [0.15, 0.2) is 0 Å². The Morgan fingerprint density at radius 2 is 1.79 bits per heavy atom. The molecular weight excluding hydrogens is 271 g/mol. The summed E-state index contributed by atoms with van der Waals surface area (Å²) in [6, 6.07) is 0. The van der Waals surface area contributed by atoms with E-state index in [1.54, 1.807) is 0 Å². The Morgan fingerprint density at radius 3 is 2.37 bits per heavy atom. The van der Waals surface area contributed by atoms with Gasteiger partial charge in [0.05, 0.1) is 9.85 Å². The van der Waals surface area contributed by atoms with Gasteiger partial charge in [0.25, 0.3) is 11.8 Å². The minimum absolute atomic E-state index is 0.199. The number of nitro groups is 2. The van der Waals surface area contributed by atoms with E-state index in [9.17, 15) is 24.6 Å². The molecule has 2 rings (SSSR count). The summed E-state index contributed by atoms with van der Waals surface area (Å²) in [5, 5.41) is 27.1. The molecule has 0 atom stereocenters. The molecule has 0 unspecified atom stereocenters. The van der Waals surface area contributed by atoms with Crippen LogP contribution >= 0.6 is 0 Å². The van der Waals surface area contributed by atoms with E-state index >= 15 is 0 Å². The summed E-state index contributed by atoms with van der Waals surface area (Å²) in [5.41, 5.74) is -0.430. The van der Waals surface area contributed by atoms with Gasteiger partial charge in [0.1, 0.15) is 0 Å². The van der Waals surface area contributed by atoms with Crippen LogP contribution in [-0.2, 0) is 0 Å². The van der Waals surface area contributed by atoms with Crippen LogP contribution < -0.4 is 4.74 Å². The molecule has 13 heteroatoms. The molecule has 0 aromatic carbocycles. The lowest BCUT2D eigenvalue weighted by Crippen LogP contribution is -2.35. The monoisotopic (exact) mass is 274 g/mol. The number of halogens is 1. The third kappa shape index (κ3) is 2.48. The average Bonchev–Trinajstić information content (AvgIpc) is 2.75. The second-order valence-corrected chi connectivity index (χ2v) is 3.09. The highest BCUT2D eigenvalue weighted by molar-refractivity contribution is 5.62. The van der Waals surface area contributed by atoms with Crippen molar-refractivity contribution >= 4 is 11.3 Å². The van der Waals surface area contributed by atoms with E-state index in [2.05, 4.69) is 29.6 Å². The van der Waals surface area contributed by atoms with Crippen LogP contribution in [0.3, 0.4) is 0 Å². The van der Waals surface area contributed by atoms with Crippen molar-refractivity contribution in [3.8, 4) is 5.88 Å². The van der Waals surface area contributed by atoms with Gasteiger partial charge in [-0.25, -0.2) is 4.63 Å². The molecule has 0 radical (unpaired) electrons. The molecule has 0 aliphatic heterocycles. The van der Waals surface area contributed by atoms with E-state index in [0.29, 0.717) is 0 Å². The van der Waals surface area contributed by atoms with Gasteiger partial charge in [0.2, 0.25) is 17.9 Å². The third-order valence-corrected chi connectivity index (χ3v) is 1.90. The molecule has 100 valence electrons. The van der Waals surface area contributed by atoms with Crippen LogP contribution in [0.25, 0.3) is 11.3 Å². The van der Waals surface area contributed by atoms with Crippen molar-refractivity contribution in [1.29, 1.82) is 0 Å². The molecule has 0 N–H and O–H groups in total. The van der Waals surface area contributed by atoms with E-state index in [1.807, 2.05) is 0 Å². The summed E-state index contributed by atoms with van der Waals surface area (Å²) < 4.78 is 22.1. The van der Waals surface area contributed by atoms with Gasteiger partial charge in [0, 0.05) is 0 Å². The predicted octanol–water partition coefficient (Wildman–Crippen LogP) is -0.590. The van der Waals surface area contributed by atoms with Crippen molar-refractivity contribution < 1.29 is 23.6 Å². The lowest BCUT2D eigenvalue weighted by Gasteiger charge is -2.04. The normalized spacial score (nSPS) is 10.8. The highest BCUT2D eigenvalue weighted by Gasteiger charge is 2.34. The first-order chi connectivity index (χ1) is 8.99. The van der Waals surface area contributed by atoms with Crippen molar-refractivity contribution in [3.05, 3.63) is 26.2 Å². The van der Waals surface area contributed by atoms with Crippen LogP contribution in [0.5, 0.6) is 5.88 Å². The molecule has 0 bridgehead atoms. The second-order valence-electron chi connectivity index (χ2n) is 3.09. The van der Waals surface area contributed by atoms with Crippen molar-refractivity contribution in [3.63, 3.8) is 0 Å². The molecule has 2 aromatic heterocycles. The van der Waals surface area contributed by atoms with E-state index < -0.39 is 34.4 Å². The number of hydrogen-bond acceptors (Lipinski definition) is 10. The number of ether oxygens (including phenoxy) is 1. The zero-order chi connectivity index (χ0) is 14.0. The largest absolute Gasteiger partial charge is 0.483 e. The molecule has 0 saturated heterocycles. The van der Waals surface area contributed by atoms with E-state index in [-0.39, 0.29) is 11.3 Å². The fourth-order valence-electron chi connectivity index (χ4n) is 1.05. The molecule has 0 spiro atoms. The van der Waals surface area contributed by atoms with Crippen molar-refractivity contribution in [1.82, 2.24) is 20.3 Å². The maximum atomic E-state index is 13.3. The minimum atomic E-state index is -2.24. The molecule has 0 aliphatic carbocycles. The number of fused-ring (bicyclic) bond motifs is 1. The number of nitrogens with zero attached hydrogens (tertiary/aromatic N) is 6. The Bertz CT molecular complexity index is 630. The fraction of sp³-hybridized carbons (Fsp3) is 0.333. The van der Waals surface area contributed by atoms with Crippen molar-refractivity contribution in [2.45, 2.75) is 6.17 Å². The maximum absolute atomic E-state index is 13.3. The molecule has 0 fully saturated rings. The van der Waals surface area contributed by atoms with Gasteiger partial charge >= 0.3 is 6.17 Å². The molecular formula is C6H3FN6O6. The highest BCUT2D eigenvalue weighted by atomic mass is 19.1. The van der Waals surface area contributed by atoms with Gasteiger partial charge in [-0.2, -0.15) is 14.4 Å². The van der Waals surface area contributed by atoms with Crippen LogP contribution in [0.1, 0.15) is 0 Å². The lowest BCUT2D eigenvalue weighted by atomic mass is 10.5. The van der Waals surface area contributed by atoms with Crippen LogP contribution in [0.15, 0.2) is 4.63 Å². The maximum Gasteiger partial charge on any atom is 0.483 e. The van der Waals surface area contributed by atoms with Crippen LogP contribution in [0.2, 0.25) is 0 Å². The molecule has 0 saturated carbocycles. The number of aromatic nitrogens is 4. The summed E-state index contributed by atoms with van der Waals surface area (Å²) in [4.78, 5) is 25.0. The van der Waals surface area contributed by atoms with E-state index in [0.717, 1.165) is 0 Å². The van der Waals surface area contributed by atoms with Gasteiger partial charge in [-0.1, -0.05) is 0 Å². The standard InChI is InChI=1S/C6H3FN6O6/c7-3-6(9-5-4(8-3)10-19-11-5)18-1-2(12(14)15)13(16)17/h2H,1H2. The van der Waals surface area contributed by atoms with Crippen LogP contribution in [0.4, 0.5) is 4.39 Å². The van der Waals surface area contributed by atoms with E-state index in [1.165, 1.54) is 0 Å². The van der Waals surface area contributed by atoms with Gasteiger partial charge in [-0.05, 0) is 10.3 Å². The summed E-state index contributed by atoms with van der Waals surface area (Å²) in [6.07, 6.45) is -2.24. The Kier molecular flexibility index (Phi) is 3.09.